The molecule has 0 unspecified atom stereocenters. The van der Waals surface area contributed by atoms with E-state index in [0.29, 0.717) is 28.1 Å². The van der Waals surface area contributed by atoms with Crippen molar-refractivity contribution in [3.63, 3.8) is 0 Å². The van der Waals surface area contributed by atoms with Gasteiger partial charge < -0.3 is 4.74 Å². The fourth-order valence-corrected chi connectivity index (χ4v) is 3.43. The molecule has 2 heterocycles. The average Bonchev–Trinajstić information content (AvgIpc) is 3.23. The SMILES string of the molecule is CCOc1ccc(C(=O)Nc2nn3c(-c4ccccc4C)nnc3s2)cc1. The zero-order valence-corrected chi connectivity index (χ0v) is 15.7. The molecule has 0 spiro atoms. The Labute approximate surface area is 159 Å². The number of hydrogen-bond acceptors (Lipinski definition) is 6. The highest BCUT2D eigenvalue weighted by molar-refractivity contribution is 7.20. The molecule has 0 aliphatic heterocycles. The van der Waals surface area contributed by atoms with Crippen molar-refractivity contribution in [3.05, 3.63) is 59.7 Å². The van der Waals surface area contributed by atoms with Gasteiger partial charge in [0.2, 0.25) is 10.1 Å². The summed E-state index contributed by atoms with van der Waals surface area (Å²) in [6.45, 7) is 4.51. The molecule has 0 saturated carbocycles. The molecule has 2 aromatic carbocycles. The third-order valence-electron chi connectivity index (χ3n) is 4.02. The second-order valence-corrected chi connectivity index (χ2v) is 6.81. The fourth-order valence-electron chi connectivity index (χ4n) is 2.70. The Morgan fingerprint density at radius 1 is 1.15 bits per heavy atom. The van der Waals surface area contributed by atoms with E-state index in [0.717, 1.165) is 16.9 Å². The lowest BCUT2D eigenvalue weighted by Gasteiger charge is -2.04. The van der Waals surface area contributed by atoms with Gasteiger partial charge in [0, 0.05) is 11.1 Å². The Kier molecular flexibility index (Phi) is 4.55. The number of fused-ring (bicyclic) bond motifs is 1. The van der Waals surface area contributed by atoms with Crippen LogP contribution in [-0.2, 0) is 0 Å². The normalized spacial score (nSPS) is 10.9. The standard InChI is InChI=1S/C19H17N5O2S/c1-3-26-14-10-8-13(9-11-14)17(25)20-18-23-24-16(21-22-19(24)27-18)15-7-5-4-6-12(15)2/h4-11H,3H2,1-2H3,(H,20,23,25). The molecular weight excluding hydrogens is 362 g/mol. The summed E-state index contributed by atoms with van der Waals surface area (Å²) in [5, 5.41) is 16.1. The van der Waals surface area contributed by atoms with E-state index >= 15 is 0 Å². The van der Waals surface area contributed by atoms with Crippen molar-refractivity contribution in [2.45, 2.75) is 13.8 Å². The van der Waals surface area contributed by atoms with Gasteiger partial charge in [-0.1, -0.05) is 35.6 Å². The Hall–Kier alpha value is -3.26. The molecule has 136 valence electrons. The van der Waals surface area contributed by atoms with E-state index in [1.807, 2.05) is 38.1 Å². The highest BCUT2D eigenvalue weighted by atomic mass is 32.1. The van der Waals surface area contributed by atoms with Gasteiger partial charge in [-0.25, -0.2) is 0 Å². The van der Waals surface area contributed by atoms with Crippen molar-refractivity contribution in [3.8, 4) is 17.1 Å². The summed E-state index contributed by atoms with van der Waals surface area (Å²) in [7, 11) is 0. The molecule has 0 saturated heterocycles. The van der Waals surface area contributed by atoms with Gasteiger partial charge in [0.15, 0.2) is 5.82 Å². The predicted octanol–water partition coefficient (Wildman–Crippen LogP) is 3.81. The summed E-state index contributed by atoms with van der Waals surface area (Å²) in [5.41, 5.74) is 2.57. The van der Waals surface area contributed by atoms with Gasteiger partial charge >= 0.3 is 0 Å². The van der Waals surface area contributed by atoms with E-state index in [2.05, 4.69) is 20.6 Å². The first-order valence-corrected chi connectivity index (χ1v) is 9.30. The molecule has 27 heavy (non-hydrogen) atoms. The topological polar surface area (TPSA) is 81.4 Å². The maximum atomic E-state index is 12.5. The quantitative estimate of drug-likeness (QED) is 0.570. The zero-order chi connectivity index (χ0) is 18.8. The minimum absolute atomic E-state index is 0.236. The second kappa shape index (κ2) is 7.16. The van der Waals surface area contributed by atoms with Crippen molar-refractivity contribution in [1.82, 2.24) is 19.8 Å². The number of nitrogens with one attached hydrogen (secondary N) is 1. The summed E-state index contributed by atoms with van der Waals surface area (Å²) in [6, 6.07) is 14.9. The summed E-state index contributed by atoms with van der Waals surface area (Å²) in [6.07, 6.45) is 0. The maximum absolute atomic E-state index is 12.5. The minimum atomic E-state index is -0.236. The maximum Gasteiger partial charge on any atom is 0.257 e. The number of anilines is 1. The van der Waals surface area contributed by atoms with E-state index in [4.69, 9.17) is 4.74 Å². The molecule has 0 fully saturated rings. The van der Waals surface area contributed by atoms with Crippen LogP contribution in [0.4, 0.5) is 5.13 Å². The third kappa shape index (κ3) is 3.39. The van der Waals surface area contributed by atoms with Gasteiger partial charge in [0.05, 0.1) is 6.61 Å². The van der Waals surface area contributed by atoms with Crippen molar-refractivity contribution < 1.29 is 9.53 Å². The largest absolute Gasteiger partial charge is 0.494 e. The van der Waals surface area contributed by atoms with E-state index in [1.165, 1.54) is 11.3 Å². The first-order valence-electron chi connectivity index (χ1n) is 8.48. The van der Waals surface area contributed by atoms with Crippen LogP contribution in [0, 0.1) is 6.92 Å². The van der Waals surface area contributed by atoms with Crippen LogP contribution < -0.4 is 10.1 Å². The summed E-state index contributed by atoms with van der Waals surface area (Å²) in [4.78, 5) is 13.1. The van der Waals surface area contributed by atoms with Crippen LogP contribution in [-0.4, -0.2) is 32.3 Å². The molecule has 4 rings (SSSR count). The lowest BCUT2D eigenvalue weighted by molar-refractivity contribution is 0.102. The fraction of sp³-hybridized carbons (Fsp3) is 0.158. The van der Waals surface area contributed by atoms with Crippen molar-refractivity contribution in [2.75, 3.05) is 11.9 Å². The van der Waals surface area contributed by atoms with Gasteiger partial charge in [-0.2, -0.15) is 4.52 Å². The Morgan fingerprint density at radius 2 is 1.93 bits per heavy atom. The molecule has 0 aliphatic rings. The van der Waals surface area contributed by atoms with Gasteiger partial charge in [-0.05, 0) is 43.7 Å². The number of carbonyl (C=O) groups excluding carboxylic acids is 1. The molecule has 1 N–H and O–H groups in total. The number of hydrogen-bond donors (Lipinski definition) is 1. The number of nitrogens with zero attached hydrogens (tertiary/aromatic N) is 4. The molecule has 0 aliphatic carbocycles. The first-order chi connectivity index (χ1) is 13.2. The molecular formula is C19H17N5O2S. The van der Waals surface area contributed by atoms with E-state index < -0.39 is 0 Å². The highest BCUT2D eigenvalue weighted by Gasteiger charge is 2.16. The number of rotatable bonds is 5. The number of amides is 1. The number of aromatic nitrogens is 4. The summed E-state index contributed by atoms with van der Waals surface area (Å²) < 4.78 is 7.05. The highest BCUT2D eigenvalue weighted by Crippen LogP contribution is 2.26. The first kappa shape index (κ1) is 17.2. The molecule has 1 amide bonds. The van der Waals surface area contributed by atoms with Crippen LogP contribution >= 0.6 is 11.3 Å². The van der Waals surface area contributed by atoms with Gasteiger partial charge in [0.1, 0.15) is 5.75 Å². The molecule has 0 atom stereocenters. The second-order valence-electron chi connectivity index (χ2n) is 5.85. The van der Waals surface area contributed by atoms with Crippen LogP contribution in [0.2, 0.25) is 0 Å². The van der Waals surface area contributed by atoms with E-state index in [9.17, 15) is 4.79 Å². The van der Waals surface area contributed by atoms with Crippen molar-refractivity contribution in [2.24, 2.45) is 0 Å². The van der Waals surface area contributed by atoms with Gasteiger partial charge in [-0.3, -0.25) is 10.1 Å². The molecule has 7 nitrogen and oxygen atoms in total. The van der Waals surface area contributed by atoms with Crippen LogP contribution in [0.3, 0.4) is 0 Å². The number of ether oxygens (including phenoxy) is 1. The third-order valence-corrected chi connectivity index (χ3v) is 4.84. The molecule has 0 bridgehead atoms. The Balaban J connectivity index is 1.58. The van der Waals surface area contributed by atoms with E-state index in [1.54, 1.807) is 28.8 Å². The monoisotopic (exact) mass is 379 g/mol. The summed E-state index contributed by atoms with van der Waals surface area (Å²) in [5.74, 6) is 1.15. The summed E-state index contributed by atoms with van der Waals surface area (Å²) >= 11 is 1.27. The lowest BCUT2D eigenvalue weighted by atomic mass is 10.1. The average molecular weight is 379 g/mol. The van der Waals surface area contributed by atoms with Crippen molar-refractivity contribution in [1.29, 1.82) is 0 Å². The van der Waals surface area contributed by atoms with Gasteiger partial charge in [-0.15, -0.1) is 15.3 Å². The van der Waals surface area contributed by atoms with Crippen molar-refractivity contribution >= 4 is 27.3 Å². The van der Waals surface area contributed by atoms with Crippen LogP contribution in [0.5, 0.6) is 5.75 Å². The molecule has 2 aromatic heterocycles. The van der Waals surface area contributed by atoms with Crippen LogP contribution in [0.25, 0.3) is 16.3 Å². The smallest absolute Gasteiger partial charge is 0.257 e. The van der Waals surface area contributed by atoms with E-state index in [-0.39, 0.29) is 5.91 Å². The lowest BCUT2D eigenvalue weighted by Crippen LogP contribution is -2.12. The van der Waals surface area contributed by atoms with Gasteiger partial charge in [0.25, 0.3) is 5.91 Å². The number of benzene rings is 2. The molecule has 8 heteroatoms. The number of carbonyl (C=O) groups is 1. The van der Waals surface area contributed by atoms with Crippen LogP contribution in [0.1, 0.15) is 22.8 Å². The zero-order valence-electron chi connectivity index (χ0n) is 14.8. The Bertz CT molecular complexity index is 1100. The Morgan fingerprint density at radius 3 is 2.67 bits per heavy atom. The number of aryl methyl sites for hydroxylation is 1. The van der Waals surface area contributed by atoms with Crippen LogP contribution in [0.15, 0.2) is 48.5 Å². The molecule has 0 radical (unpaired) electrons. The predicted molar refractivity (Wildman–Crippen MR) is 104 cm³/mol. The minimum Gasteiger partial charge on any atom is -0.494 e. The molecule has 4 aromatic rings.